The first kappa shape index (κ1) is 21.2. The lowest BCUT2D eigenvalue weighted by Crippen LogP contribution is -1.78. The van der Waals surface area contributed by atoms with Crippen LogP contribution in [0.4, 0.5) is 0 Å². The molecule has 1 aliphatic carbocycles. The molecule has 0 aromatic carbocycles. The number of hydrogen-bond donors (Lipinski definition) is 2. The van der Waals surface area contributed by atoms with Gasteiger partial charge in [0, 0.05) is 13.2 Å². The third-order valence-corrected chi connectivity index (χ3v) is 3.27. The molecule has 2 nitrogen and oxygen atoms in total. The van der Waals surface area contributed by atoms with Crippen molar-refractivity contribution in [1.29, 1.82) is 0 Å². The smallest absolute Gasteiger partial charge is 0.0431 e. The van der Waals surface area contributed by atoms with E-state index in [1.54, 1.807) is 0 Å². The largest absolute Gasteiger partial charge is 0.396 e. The minimum atomic E-state index is 0.355. The van der Waals surface area contributed by atoms with Gasteiger partial charge < -0.3 is 10.2 Å². The third-order valence-electron chi connectivity index (χ3n) is 3.27. The van der Waals surface area contributed by atoms with Crippen LogP contribution in [0.5, 0.6) is 0 Å². The fraction of sp³-hybridized carbons (Fsp3) is 1.00. The van der Waals surface area contributed by atoms with Gasteiger partial charge in [-0.05, 0) is 12.8 Å². The van der Waals surface area contributed by atoms with E-state index in [4.69, 9.17) is 10.2 Å². The van der Waals surface area contributed by atoms with Crippen molar-refractivity contribution < 1.29 is 10.2 Å². The van der Waals surface area contributed by atoms with Crippen LogP contribution in [0.3, 0.4) is 0 Å². The summed E-state index contributed by atoms with van der Waals surface area (Å²) in [4.78, 5) is 0. The Morgan fingerprint density at radius 3 is 0.895 bits per heavy atom. The number of aliphatic hydroxyl groups is 2. The Morgan fingerprint density at radius 2 is 0.789 bits per heavy atom. The SMILES string of the molecule is C1CCCCCC1.CCCCCO.CCCCCO. The van der Waals surface area contributed by atoms with Crippen LogP contribution in [0.2, 0.25) is 0 Å². The zero-order valence-corrected chi connectivity index (χ0v) is 13.5. The van der Waals surface area contributed by atoms with Gasteiger partial charge in [-0.25, -0.2) is 0 Å². The maximum atomic E-state index is 8.20. The summed E-state index contributed by atoms with van der Waals surface area (Å²) in [6.07, 6.45) is 17.2. The maximum absolute atomic E-state index is 8.20. The Morgan fingerprint density at radius 1 is 0.526 bits per heavy atom. The molecule has 0 unspecified atom stereocenters. The lowest BCUT2D eigenvalue weighted by molar-refractivity contribution is 0.284. The van der Waals surface area contributed by atoms with Crippen LogP contribution in [0.25, 0.3) is 0 Å². The zero-order valence-electron chi connectivity index (χ0n) is 13.5. The minimum Gasteiger partial charge on any atom is -0.396 e. The van der Waals surface area contributed by atoms with E-state index in [0.29, 0.717) is 13.2 Å². The van der Waals surface area contributed by atoms with Crippen LogP contribution in [-0.2, 0) is 0 Å². The van der Waals surface area contributed by atoms with Crippen LogP contribution in [0.15, 0.2) is 0 Å². The maximum Gasteiger partial charge on any atom is 0.0431 e. The molecule has 0 saturated heterocycles. The van der Waals surface area contributed by atoms with Gasteiger partial charge in [0.2, 0.25) is 0 Å². The second-order valence-corrected chi connectivity index (χ2v) is 5.34. The van der Waals surface area contributed by atoms with E-state index in [-0.39, 0.29) is 0 Å². The van der Waals surface area contributed by atoms with Crippen molar-refractivity contribution in [2.45, 2.75) is 97.3 Å². The molecule has 2 N–H and O–H groups in total. The second kappa shape index (κ2) is 23.0. The van der Waals surface area contributed by atoms with Gasteiger partial charge in [-0.3, -0.25) is 0 Å². The molecule has 1 saturated carbocycles. The van der Waals surface area contributed by atoms with Crippen LogP contribution in [0.1, 0.15) is 97.3 Å². The molecule has 2 heteroatoms. The van der Waals surface area contributed by atoms with E-state index in [1.807, 2.05) is 0 Å². The molecule has 0 atom stereocenters. The fourth-order valence-corrected chi connectivity index (χ4v) is 1.96. The summed E-state index contributed by atoms with van der Waals surface area (Å²) in [6, 6.07) is 0. The van der Waals surface area contributed by atoms with Crippen molar-refractivity contribution >= 4 is 0 Å². The Hall–Kier alpha value is -0.0800. The number of unbranched alkanes of at least 4 members (excludes halogenated alkanes) is 4. The molecule has 1 aliphatic rings. The summed E-state index contributed by atoms with van der Waals surface area (Å²) in [5.41, 5.74) is 0. The van der Waals surface area contributed by atoms with Crippen molar-refractivity contribution in [1.82, 2.24) is 0 Å². The van der Waals surface area contributed by atoms with Crippen molar-refractivity contribution in [3.63, 3.8) is 0 Å². The molecule has 0 radical (unpaired) electrons. The molecule has 0 aromatic heterocycles. The highest BCUT2D eigenvalue weighted by molar-refractivity contribution is 4.51. The standard InChI is InChI=1S/C7H14.2C5H12O/c1-2-4-6-7-5-3-1;2*1-2-3-4-5-6/h1-7H2;2*6H,2-5H2,1H3. The summed E-state index contributed by atoms with van der Waals surface area (Å²) in [5.74, 6) is 0. The Labute approximate surface area is 121 Å². The highest BCUT2D eigenvalue weighted by Crippen LogP contribution is 2.15. The van der Waals surface area contributed by atoms with Crippen LogP contribution in [-0.4, -0.2) is 23.4 Å². The average Bonchev–Trinajstić information content (AvgIpc) is 2.76. The molecule has 19 heavy (non-hydrogen) atoms. The van der Waals surface area contributed by atoms with E-state index in [2.05, 4.69) is 13.8 Å². The average molecular weight is 274 g/mol. The Kier molecular flexibility index (Phi) is 25.7. The van der Waals surface area contributed by atoms with E-state index in [1.165, 1.54) is 57.8 Å². The van der Waals surface area contributed by atoms with Crippen molar-refractivity contribution in [3.8, 4) is 0 Å². The van der Waals surface area contributed by atoms with Gasteiger partial charge in [0.15, 0.2) is 0 Å². The molecule has 1 rings (SSSR count). The second-order valence-electron chi connectivity index (χ2n) is 5.34. The topological polar surface area (TPSA) is 40.5 Å². The van der Waals surface area contributed by atoms with Gasteiger partial charge in [0.1, 0.15) is 0 Å². The minimum absolute atomic E-state index is 0.355. The Balaban J connectivity index is 0. The highest BCUT2D eigenvalue weighted by atomic mass is 16.3. The summed E-state index contributed by atoms with van der Waals surface area (Å²) >= 11 is 0. The third kappa shape index (κ3) is 27.2. The first-order valence-electron chi connectivity index (χ1n) is 8.55. The van der Waals surface area contributed by atoms with Crippen LogP contribution >= 0.6 is 0 Å². The first-order chi connectivity index (χ1) is 9.33. The van der Waals surface area contributed by atoms with Gasteiger partial charge in [0.05, 0.1) is 0 Å². The lowest BCUT2D eigenvalue weighted by Gasteiger charge is -1.85. The molecule has 0 bridgehead atoms. The number of aliphatic hydroxyl groups excluding tert-OH is 2. The lowest BCUT2D eigenvalue weighted by atomic mass is 10.2. The zero-order chi connectivity index (χ0) is 14.6. The quantitative estimate of drug-likeness (QED) is 0.524. The molecular formula is C17H38O2. The molecule has 1 fully saturated rings. The van der Waals surface area contributed by atoms with Gasteiger partial charge in [-0.15, -0.1) is 0 Å². The highest BCUT2D eigenvalue weighted by Gasteiger charge is 1.95. The normalized spacial score (nSPS) is 14.5. The summed E-state index contributed by atoms with van der Waals surface area (Å²) < 4.78 is 0. The van der Waals surface area contributed by atoms with Gasteiger partial charge in [0.25, 0.3) is 0 Å². The number of hydrogen-bond acceptors (Lipinski definition) is 2. The van der Waals surface area contributed by atoms with Crippen molar-refractivity contribution in [3.05, 3.63) is 0 Å². The summed E-state index contributed by atoms with van der Waals surface area (Å²) in [5, 5.41) is 16.4. The number of rotatable bonds is 6. The first-order valence-corrected chi connectivity index (χ1v) is 8.55. The van der Waals surface area contributed by atoms with E-state index in [9.17, 15) is 0 Å². The molecular weight excluding hydrogens is 236 g/mol. The monoisotopic (exact) mass is 274 g/mol. The van der Waals surface area contributed by atoms with Crippen LogP contribution < -0.4 is 0 Å². The fourth-order valence-electron chi connectivity index (χ4n) is 1.96. The Bertz CT molecular complexity index is 90.8. The summed E-state index contributed by atoms with van der Waals surface area (Å²) in [7, 11) is 0. The van der Waals surface area contributed by atoms with E-state index >= 15 is 0 Å². The molecule has 0 spiro atoms. The summed E-state index contributed by atoms with van der Waals surface area (Å²) in [6.45, 7) is 4.95. The van der Waals surface area contributed by atoms with Gasteiger partial charge in [-0.2, -0.15) is 0 Å². The van der Waals surface area contributed by atoms with Gasteiger partial charge >= 0.3 is 0 Å². The van der Waals surface area contributed by atoms with Gasteiger partial charge in [-0.1, -0.05) is 84.5 Å². The predicted octanol–water partition coefficient (Wildman–Crippen LogP) is 5.07. The van der Waals surface area contributed by atoms with Crippen molar-refractivity contribution in [2.24, 2.45) is 0 Å². The van der Waals surface area contributed by atoms with Crippen molar-refractivity contribution in [2.75, 3.05) is 13.2 Å². The molecule has 0 aliphatic heterocycles. The van der Waals surface area contributed by atoms with E-state index < -0.39 is 0 Å². The molecule has 0 heterocycles. The molecule has 0 aromatic rings. The van der Waals surface area contributed by atoms with Crippen LogP contribution in [0, 0.1) is 0 Å². The van der Waals surface area contributed by atoms with E-state index in [0.717, 1.165) is 25.7 Å². The predicted molar refractivity (Wildman–Crippen MR) is 85.5 cm³/mol. The molecule has 0 amide bonds. The molecule has 118 valence electrons.